The van der Waals surface area contributed by atoms with Crippen molar-refractivity contribution in [2.45, 2.75) is 13.5 Å². The fraction of sp³-hybridized carbons (Fsp3) is 0.118. The topological polar surface area (TPSA) is 45.2 Å². The van der Waals surface area contributed by atoms with E-state index in [1.165, 1.54) is 0 Å². The van der Waals surface area contributed by atoms with Crippen LogP contribution in [0.25, 0.3) is 10.9 Å². The molecular formula is C17H15ClN2O. The third-order valence-electron chi connectivity index (χ3n) is 3.48. The van der Waals surface area contributed by atoms with Gasteiger partial charge in [0.2, 0.25) is 0 Å². The van der Waals surface area contributed by atoms with Crippen LogP contribution in [0.15, 0.2) is 48.7 Å². The fourth-order valence-electron chi connectivity index (χ4n) is 2.30. The number of phenolic OH excluding ortho intramolecular Hbond substituents is 1. The zero-order chi connectivity index (χ0) is 14.8. The van der Waals surface area contributed by atoms with Crippen LogP contribution in [0, 0.1) is 6.92 Å². The van der Waals surface area contributed by atoms with E-state index in [-0.39, 0.29) is 0 Å². The second-order valence-electron chi connectivity index (χ2n) is 4.96. The second kappa shape index (κ2) is 5.62. The molecule has 0 saturated carbocycles. The van der Waals surface area contributed by atoms with Crippen LogP contribution in [0.5, 0.6) is 5.75 Å². The number of aryl methyl sites for hydroxylation is 1. The molecule has 0 spiro atoms. The van der Waals surface area contributed by atoms with Gasteiger partial charge in [-0.2, -0.15) is 0 Å². The summed E-state index contributed by atoms with van der Waals surface area (Å²) in [6.07, 6.45) is 1.77. The molecule has 2 N–H and O–H groups in total. The number of pyridine rings is 1. The molecule has 106 valence electrons. The van der Waals surface area contributed by atoms with Crippen molar-refractivity contribution in [2.75, 3.05) is 5.32 Å². The Balaban J connectivity index is 1.88. The van der Waals surface area contributed by atoms with Gasteiger partial charge in [0.25, 0.3) is 0 Å². The first kappa shape index (κ1) is 13.7. The van der Waals surface area contributed by atoms with E-state index in [1.54, 1.807) is 12.3 Å². The molecule has 0 aliphatic carbocycles. The molecule has 0 saturated heterocycles. The Hall–Kier alpha value is -2.26. The molecule has 4 heteroatoms. The van der Waals surface area contributed by atoms with Gasteiger partial charge in [0.05, 0.1) is 5.52 Å². The van der Waals surface area contributed by atoms with Crippen molar-refractivity contribution in [1.29, 1.82) is 0 Å². The first-order valence-corrected chi connectivity index (χ1v) is 7.08. The van der Waals surface area contributed by atoms with Gasteiger partial charge in [-0.3, -0.25) is 4.98 Å². The minimum Gasteiger partial charge on any atom is -0.508 e. The van der Waals surface area contributed by atoms with Crippen LogP contribution in [-0.4, -0.2) is 10.1 Å². The monoisotopic (exact) mass is 298 g/mol. The Morgan fingerprint density at radius 1 is 1.19 bits per heavy atom. The number of phenols is 1. The highest BCUT2D eigenvalue weighted by Crippen LogP contribution is 2.26. The van der Waals surface area contributed by atoms with Crippen LogP contribution in [0.3, 0.4) is 0 Å². The summed E-state index contributed by atoms with van der Waals surface area (Å²) in [6.45, 7) is 2.52. The summed E-state index contributed by atoms with van der Waals surface area (Å²) in [6, 6.07) is 13.2. The largest absolute Gasteiger partial charge is 0.508 e. The Morgan fingerprint density at radius 2 is 2.05 bits per heavy atom. The molecule has 0 radical (unpaired) electrons. The number of nitrogens with one attached hydrogen (secondary N) is 1. The summed E-state index contributed by atoms with van der Waals surface area (Å²) < 4.78 is 0. The number of benzene rings is 2. The molecule has 21 heavy (non-hydrogen) atoms. The van der Waals surface area contributed by atoms with E-state index in [2.05, 4.69) is 10.3 Å². The number of rotatable bonds is 3. The average Bonchev–Trinajstić information content (AvgIpc) is 2.50. The van der Waals surface area contributed by atoms with Gasteiger partial charge in [-0.15, -0.1) is 0 Å². The van der Waals surface area contributed by atoms with Crippen molar-refractivity contribution in [1.82, 2.24) is 4.98 Å². The number of hydrogen-bond acceptors (Lipinski definition) is 3. The number of hydrogen-bond donors (Lipinski definition) is 2. The lowest BCUT2D eigenvalue weighted by atomic mass is 10.1. The lowest BCUT2D eigenvalue weighted by molar-refractivity contribution is 0.471. The van der Waals surface area contributed by atoms with Crippen LogP contribution >= 0.6 is 11.6 Å². The Morgan fingerprint density at radius 3 is 2.86 bits per heavy atom. The second-order valence-corrected chi connectivity index (χ2v) is 5.37. The molecule has 1 heterocycles. The minimum atomic E-state index is 0.305. The lowest BCUT2D eigenvalue weighted by Gasteiger charge is -2.10. The van der Waals surface area contributed by atoms with E-state index >= 15 is 0 Å². The zero-order valence-electron chi connectivity index (χ0n) is 11.6. The number of halogens is 1. The van der Waals surface area contributed by atoms with Crippen LogP contribution in [-0.2, 0) is 6.54 Å². The van der Waals surface area contributed by atoms with Gasteiger partial charge in [-0.05, 0) is 54.4 Å². The van der Waals surface area contributed by atoms with Gasteiger partial charge in [-0.1, -0.05) is 17.7 Å². The molecule has 0 aliphatic heterocycles. The van der Waals surface area contributed by atoms with Gasteiger partial charge in [0, 0.05) is 28.8 Å². The molecule has 3 aromatic rings. The number of aromatic hydroxyl groups is 1. The van der Waals surface area contributed by atoms with Gasteiger partial charge >= 0.3 is 0 Å². The van der Waals surface area contributed by atoms with E-state index in [0.29, 0.717) is 17.3 Å². The molecule has 0 fully saturated rings. The molecule has 3 rings (SSSR count). The molecule has 1 aromatic heterocycles. The highest BCUT2D eigenvalue weighted by molar-refractivity contribution is 6.35. The standard InChI is InChI=1S/C17H15ClN2O/c1-11-9-13(5-7-16(11)21)20-10-12-4-6-15(18)14-3-2-8-19-17(12)14/h2-9,20-21H,10H2,1H3. The fourth-order valence-corrected chi connectivity index (χ4v) is 2.52. The third-order valence-corrected chi connectivity index (χ3v) is 3.81. The Kier molecular flexibility index (Phi) is 3.67. The maximum atomic E-state index is 9.55. The molecular weight excluding hydrogens is 284 g/mol. The van der Waals surface area contributed by atoms with Gasteiger partial charge in [-0.25, -0.2) is 0 Å². The summed E-state index contributed by atoms with van der Waals surface area (Å²) in [5.74, 6) is 0.305. The van der Waals surface area contributed by atoms with Crippen molar-refractivity contribution in [2.24, 2.45) is 0 Å². The highest BCUT2D eigenvalue weighted by Gasteiger charge is 2.06. The molecule has 0 bridgehead atoms. The zero-order valence-corrected chi connectivity index (χ0v) is 12.4. The van der Waals surface area contributed by atoms with Gasteiger partial charge in [0.15, 0.2) is 0 Å². The SMILES string of the molecule is Cc1cc(NCc2ccc(Cl)c3cccnc23)ccc1O. The number of anilines is 1. The maximum absolute atomic E-state index is 9.55. The van der Waals surface area contributed by atoms with Crippen molar-refractivity contribution in [3.8, 4) is 5.75 Å². The Labute approximate surface area is 128 Å². The first-order valence-electron chi connectivity index (χ1n) is 6.71. The summed E-state index contributed by atoms with van der Waals surface area (Å²) >= 11 is 6.20. The predicted octanol–water partition coefficient (Wildman–Crippen LogP) is 4.51. The van der Waals surface area contributed by atoms with Gasteiger partial charge < -0.3 is 10.4 Å². The van der Waals surface area contributed by atoms with E-state index < -0.39 is 0 Å². The summed E-state index contributed by atoms with van der Waals surface area (Å²) in [4.78, 5) is 4.42. The Bertz CT molecular complexity index is 802. The van der Waals surface area contributed by atoms with E-state index in [4.69, 9.17) is 11.6 Å². The van der Waals surface area contributed by atoms with Crippen molar-refractivity contribution in [3.63, 3.8) is 0 Å². The molecule has 0 unspecified atom stereocenters. The smallest absolute Gasteiger partial charge is 0.118 e. The van der Waals surface area contributed by atoms with Crippen molar-refractivity contribution < 1.29 is 5.11 Å². The molecule has 0 aliphatic rings. The molecule has 0 amide bonds. The number of nitrogens with zero attached hydrogens (tertiary/aromatic N) is 1. The van der Waals surface area contributed by atoms with Gasteiger partial charge in [0.1, 0.15) is 5.75 Å². The average molecular weight is 299 g/mol. The van der Waals surface area contributed by atoms with Crippen LogP contribution in [0.4, 0.5) is 5.69 Å². The van der Waals surface area contributed by atoms with Crippen LogP contribution < -0.4 is 5.32 Å². The van der Waals surface area contributed by atoms with Crippen LogP contribution in [0.2, 0.25) is 5.02 Å². The molecule has 2 aromatic carbocycles. The predicted molar refractivity (Wildman–Crippen MR) is 86.9 cm³/mol. The highest BCUT2D eigenvalue weighted by atomic mass is 35.5. The third kappa shape index (κ3) is 2.78. The first-order chi connectivity index (χ1) is 10.1. The normalized spacial score (nSPS) is 10.8. The summed E-state index contributed by atoms with van der Waals surface area (Å²) in [7, 11) is 0. The van der Waals surface area contributed by atoms with E-state index in [0.717, 1.165) is 27.7 Å². The molecule has 3 nitrogen and oxygen atoms in total. The van der Waals surface area contributed by atoms with Crippen LogP contribution in [0.1, 0.15) is 11.1 Å². The summed E-state index contributed by atoms with van der Waals surface area (Å²) in [5, 5.41) is 14.6. The maximum Gasteiger partial charge on any atom is 0.118 e. The van der Waals surface area contributed by atoms with Crippen molar-refractivity contribution in [3.05, 3.63) is 64.8 Å². The van der Waals surface area contributed by atoms with E-state index in [1.807, 2.05) is 43.3 Å². The summed E-state index contributed by atoms with van der Waals surface area (Å²) in [5.41, 5.74) is 3.80. The lowest BCUT2D eigenvalue weighted by Crippen LogP contribution is -2.01. The number of aromatic nitrogens is 1. The minimum absolute atomic E-state index is 0.305. The quantitative estimate of drug-likeness (QED) is 0.699. The van der Waals surface area contributed by atoms with E-state index in [9.17, 15) is 5.11 Å². The van der Waals surface area contributed by atoms with Crippen molar-refractivity contribution >= 4 is 28.2 Å². The number of fused-ring (bicyclic) bond motifs is 1. The molecule has 0 atom stereocenters.